The van der Waals surface area contributed by atoms with Crippen molar-refractivity contribution in [1.29, 1.82) is 0 Å². The van der Waals surface area contributed by atoms with Gasteiger partial charge in [-0.15, -0.1) is 0 Å². The second-order valence-electron chi connectivity index (χ2n) is 8.36. The molecule has 1 aromatic rings. The zero-order valence-electron chi connectivity index (χ0n) is 20.0. The van der Waals surface area contributed by atoms with E-state index in [9.17, 15) is 29.4 Å². The van der Waals surface area contributed by atoms with Crippen molar-refractivity contribution >= 4 is 23.9 Å². The van der Waals surface area contributed by atoms with E-state index in [-0.39, 0.29) is 12.0 Å². The van der Waals surface area contributed by atoms with E-state index in [0.717, 1.165) is 28.4 Å². The Bertz CT molecular complexity index is 1040. The summed E-state index contributed by atoms with van der Waals surface area (Å²) in [4.78, 5) is 51.9. The molecule has 0 aromatic heterocycles. The number of aliphatic hydroxyl groups is 2. The molecule has 0 unspecified atom stereocenters. The fraction of sp³-hybridized carbons (Fsp3) is 0.500. The standard InChI is InChI=1S/C24H28O11/c1-31-12-8-6-11(7-9-12)13-10-14-15(20(26)32-2)19(25)18(23(29)35-5)24(30,16(13)21(27)33-3)17(14)22(28)34-4/h6-9,13-14,16-18,25,30H,10H2,1-5H3/t13-,14-,16+,17+,18+,24+/m0/s1. The summed E-state index contributed by atoms with van der Waals surface area (Å²) in [6.45, 7) is 0. The van der Waals surface area contributed by atoms with Gasteiger partial charge in [0, 0.05) is 11.8 Å². The summed E-state index contributed by atoms with van der Waals surface area (Å²) in [5.74, 6) is -11.5. The maximum Gasteiger partial charge on any atom is 0.337 e. The maximum atomic E-state index is 13.2. The minimum absolute atomic E-state index is 0.0590. The predicted molar refractivity (Wildman–Crippen MR) is 117 cm³/mol. The van der Waals surface area contributed by atoms with Gasteiger partial charge >= 0.3 is 23.9 Å². The number of aliphatic hydroxyl groups excluding tert-OH is 1. The quantitative estimate of drug-likeness (QED) is 0.430. The van der Waals surface area contributed by atoms with E-state index in [1.165, 1.54) is 7.11 Å². The summed E-state index contributed by atoms with van der Waals surface area (Å²) in [6, 6.07) is 6.60. The Balaban J connectivity index is 2.38. The van der Waals surface area contributed by atoms with Crippen molar-refractivity contribution in [2.45, 2.75) is 17.9 Å². The highest BCUT2D eigenvalue weighted by Gasteiger charge is 2.71. The van der Waals surface area contributed by atoms with Crippen LogP contribution in [0.4, 0.5) is 0 Å². The van der Waals surface area contributed by atoms with E-state index < -0.39 is 64.8 Å². The lowest BCUT2D eigenvalue weighted by atomic mass is 9.49. The number of esters is 4. The lowest BCUT2D eigenvalue weighted by molar-refractivity contribution is -0.208. The van der Waals surface area contributed by atoms with Gasteiger partial charge in [-0.3, -0.25) is 14.4 Å². The van der Waals surface area contributed by atoms with Gasteiger partial charge in [-0.2, -0.15) is 0 Å². The average Bonchev–Trinajstić information content (AvgIpc) is 2.86. The first-order chi connectivity index (χ1) is 16.6. The van der Waals surface area contributed by atoms with Crippen molar-refractivity contribution in [3.63, 3.8) is 0 Å². The fourth-order valence-corrected chi connectivity index (χ4v) is 5.52. The molecule has 11 heteroatoms. The highest BCUT2D eigenvalue weighted by molar-refractivity contribution is 5.96. The van der Waals surface area contributed by atoms with E-state index in [1.54, 1.807) is 24.3 Å². The maximum absolute atomic E-state index is 13.2. The van der Waals surface area contributed by atoms with Crippen LogP contribution in [0.3, 0.4) is 0 Å². The lowest BCUT2D eigenvalue weighted by Crippen LogP contribution is -2.68. The number of methoxy groups -OCH3 is 5. The van der Waals surface area contributed by atoms with Crippen molar-refractivity contribution in [3.05, 3.63) is 41.2 Å². The van der Waals surface area contributed by atoms with Gasteiger partial charge in [0.15, 0.2) is 0 Å². The van der Waals surface area contributed by atoms with E-state index >= 15 is 0 Å². The average molecular weight is 492 g/mol. The summed E-state index contributed by atoms with van der Waals surface area (Å²) >= 11 is 0. The number of rotatable bonds is 6. The number of fused-ring (bicyclic) bond motifs is 2. The minimum atomic E-state index is -2.57. The van der Waals surface area contributed by atoms with Crippen LogP contribution >= 0.6 is 0 Å². The Labute approximate surface area is 201 Å². The molecular weight excluding hydrogens is 464 g/mol. The number of benzene rings is 1. The molecule has 0 amide bonds. The van der Waals surface area contributed by atoms with Gasteiger partial charge in [-0.25, -0.2) is 4.79 Å². The van der Waals surface area contributed by atoms with Gasteiger partial charge in [0.25, 0.3) is 0 Å². The zero-order chi connectivity index (χ0) is 26.1. The van der Waals surface area contributed by atoms with Gasteiger partial charge in [0.2, 0.25) is 0 Å². The Morgan fingerprint density at radius 2 is 1.31 bits per heavy atom. The molecule has 0 aliphatic heterocycles. The molecule has 0 heterocycles. The molecule has 1 fully saturated rings. The Morgan fingerprint density at radius 1 is 0.800 bits per heavy atom. The molecule has 190 valence electrons. The monoisotopic (exact) mass is 492 g/mol. The molecule has 0 spiro atoms. The molecule has 2 aliphatic carbocycles. The topological polar surface area (TPSA) is 155 Å². The molecule has 2 N–H and O–H groups in total. The van der Waals surface area contributed by atoms with Crippen molar-refractivity contribution < 1.29 is 53.1 Å². The van der Waals surface area contributed by atoms with Crippen LogP contribution in [0.1, 0.15) is 17.9 Å². The molecule has 3 rings (SSSR count). The van der Waals surface area contributed by atoms with E-state index in [4.69, 9.17) is 23.7 Å². The van der Waals surface area contributed by atoms with Crippen molar-refractivity contribution in [1.82, 2.24) is 0 Å². The Hall–Kier alpha value is -3.60. The molecule has 2 bridgehead atoms. The number of carbonyl (C=O) groups excluding carboxylic acids is 4. The van der Waals surface area contributed by atoms with Crippen LogP contribution in [0.2, 0.25) is 0 Å². The van der Waals surface area contributed by atoms with E-state index in [1.807, 2.05) is 0 Å². The van der Waals surface area contributed by atoms with Crippen molar-refractivity contribution in [2.75, 3.05) is 35.5 Å². The first kappa shape index (κ1) is 26.0. The molecular formula is C24H28O11. The number of hydrogen-bond donors (Lipinski definition) is 2. The molecule has 0 radical (unpaired) electrons. The summed E-state index contributed by atoms with van der Waals surface area (Å²) in [6.07, 6.45) is -0.0590. The predicted octanol–water partition coefficient (Wildman–Crippen LogP) is 0.896. The molecule has 2 aliphatic rings. The summed E-state index contributed by atoms with van der Waals surface area (Å²) in [5.41, 5.74) is -2.39. The third kappa shape index (κ3) is 3.99. The summed E-state index contributed by atoms with van der Waals surface area (Å²) in [5, 5.41) is 23.3. The largest absolute Gasteiger partial charge is 0.511 e. The Morgan fingerprint density at radius 3 is 1.77 bits per heavy atom. The van der Waals surface area contributed by atoms with E-state index in [2.05, 4.69) is 0 Å². The Kier molecular flexibility index (Phi) is 7.39. The normalized spacial score (nSPS) is 29.6. The SMILES string of the molecule is COC(=O)C1=C(O)[C@H](C(=O)OC)[C@]2(O)[C@@H](C(=O)OC)[C@H]1C[C@@H](c1ccc(OC)cc1)[C@@H]2C(=O)OC. The first-order valence-electron chi connectivity index (χ1n) is 10.7. The number of carbonyl (C=O) groups is 4. The highest BCUT2D eigenvalue weighted by atomic mass is 16.5. The van der Waals surface area contributed by atoms with Gasteiger partial charge in [0.05, 0.1) is 53.0 Å². The molecule has 6 atom stereocenters. The number of hydrogen-bond acceptors (Lipinski definition) is 11. The van der Waals surface area contributed by atoms with Gasteiger partial charge in [-0.1, -0.05) is 12.1 Å². The third-order valence-corrected chi connectivity index (χ3v) is 6.99. The van der Waals surface area contributed by atoms with Crippen LogP contribution < -0.4 is 4.74 Å². The van der Waals surface area contributed by atoms with Crippen LogP contribution in [0.15, 0.2) is 35.6 Å². The molecule has 0 saturated heterocycles. The summed E-state index contributed by atoms with van der Waals surface area (Å²) < 4.78 is 24.7. The first-order valence-corrected chi connectivity index (χ1v) is 10.7. The van der Waals surface area contributed by atoms with Gasteiger partial charge in [0.1, 0.15) is 23.0 Å². The molecule has 1 saturated carbocycles. The van der Waals surface area contributed by atoms with Crippen molar-refractivity contribution in [3.8, 4) is 5.75 Å². The lowest BCUT2D eigenvalue weighted by Gasteiger charge is -2.55. The number of ether oxygens (including phenoxy) is 5. The third-order valence-electron chi connectivity index (χ3n) is 6.99. The van der Waals surface area contributed by atoms with Gasteiger partial charge in [-0.05, 0) is 24.1 Å². The van der Waals surface area contributed by atoms with Crippen LogP contribution in [-0.2, 0) is 38.1 Å². The van der Waals surface area contributed by atoms with Gasteiger partial charge < -0.3 is 33.9 Å². The zero-order valence-corrected chi connectivity index (χ0v) is 20.0. The second kappa shape index (κ2) is 9.95. The summed E-state index contributed by atoms with van der Waals surface area (Å²) in [7, 11) is 5.73. The molecule has 35 heavy (non-hydrogen) atoms. The van der Waals surface area contributed by atoms with E-state index in [0.29, 0.717) is 11.3 Å². The fourth-order valence-electron chi connectivity index (χ4n) is 5.52. The van der Waals surface area contributed by atoms with Crippen LogP contribution in [0, 0.1) is 23.7 Å². The molecule has 11 nitrogen and oxygen atoms in total. The van der Waals surface area contributed by atoms with Crippen LogP contribution in [0.5, 0.6) is 5.75 Å². The van der Waals surface area contributed by atoms with Crippen LogP contribution in [-0.4, -0.2) is 75.2 Å². The minimum Gasteiger partial charge on any atom is -0.511 e. The molecule has 1 aromatic carbocycles. The van der Waals surface area contributed by atoms with Crippen molar-refractivity contribution in [2.24, 2.45) is 23.7 Å². The van der Waals surface area contributed by atoms with Crippen LogP contribution in [0.25, 0.3) is 0 Å². The second-order valence-corrected chi connectivity index (χ2v) is 8.36. The smallest absolute Gasteiger partial charge is 0.337 e. The highest BCUT2D eigenvalue weighted by Crippen LogP contribution is 2.60.